The number of carbonyl (C=O) groups excluding carboxylic acids is 1. The molecule has 2 heterocycles. The van der Waals surface area contributed by atoms with E-state index in [1.807, 2.05) is 0 Å². The molecule has 6 nitrogen and oxygen atoms in total. The van der Waals surface area contributed by atoms with E-state index in [0.717, 1.165) is 11.8 Å². The predicted octanol–water partition coefficient (Wildman–Crippen LogP) is 4.99. The standard InChI is InChI=1S/C21H14ClF2N5OS/c22-14-3-10-18(25-11-14)26-19(30)12-31-21-28-27-20(13-1-4-15(23)5-2-13)29(21)17-8-6-16(24)7-9-17/h1-11H,12H2,(H,25,26,30). The van der Waals surface area contributed by atoms with Gasteiger partial charge in [0.15, 0.2) is 11.0 Å². The van der Waals surface area contributed by atoms with Crippen LogP contribution in [0, 0.1) is 11.6 Å². The lowest BCUT2D eigenvalue weighted by Gasteiger charge is -2.10. The summed E-state index contributed by atoms with van der Waals surface area (Å²) in [6.07, 6.45) is 1.43. The Balaban J connectivity index is 1.59. The molecule has 0 saturated carbocycles. The van der Waals surface area contributed by atoms with Crippen molar-refractivity contribution in [2.75, 3.05) is 11.1 Å². The molecule has 0 unspecified atom stereocenters. The van der Waals surface area contributed by atoms with E-state index in [0.29, 0.717) is 33.1 Å². The zero-order valence-electron chi connectivity index (χ0n) is 15.8. The molecule has 0 saturated heterocycles. The van der Waals surface area contributed by atoms with E-state index >= 15 is 0 Å². The number of hydrogen-bond donors (Lipinski definition) is 1. The molecule has 0 aliphatic rings. The van der Waals surface area contributed by atoms with Crippen molar-refractivity contribution in [1.29, 1.82) is 0 Å². The summed E-state index contributed by atoms with van der Waals surface area (Å²) in [5.74, 6) is -0.205. The molecule has 156 valence electrons. The van der Waals surface area contributed by atoms with Crippen LogP contribution >= 0.6 is 23.4 Å². The maximum Gasteiger partial charge on any atom is 0.236 e. The van der Waals surface area contributed by atoms with E-state index in [-0.39, 0.29) is 23.3 Å². The fourth-order valence-electron chi connectivity index (χ4n) is 2.73. The lowest BCUT2D eigenvalue weighted by molar-refractivity contribution is -0.113. The number of amides is 1. The smallest absolute Gasteiger partial charge is 0.236 e. The van der Waals surface area contributed by atoms with E-state index in [1.54, 1.807) is 41.0 Å². The zero-order valence-corrected chi connectivity index (χ0v) is 17.4. The van der Waals surface area contributed by atoms with E-state index < -0.39 is 0 Å². The first-order valence-corrected chi connectivity index (χ1v) is 10.4. The third-order valence-corrected chi connectivity index (χ3v) is 5.30. The van der Waals surface area contributed by atoms with E-state index in [4.69, 9.17) is 11.6 Å². The summed E-state index contributed by atoms with van der Waals surface area (Å²) in [7, 11) is 0. The van der Waals surface area contributed by atoms with Crippen LogP contribution in [0.1, 0.15) is 0 Å². The van der Waals surface area contributed by atoms with Gasteiger partial charge in [-0.15, -0.1) is 10.2 Å². The van der Waals surface area contributed by atoms with Gasteiger partial charge in [0, 0.05) is 17.4 Å². The van der Waals surface area contributed by atoms with E-state index in [2.05, 4.69) is 20.5 Å². The summed E-state index contributed by atoms with van der Waals surface area (Å²) < 4.78 is 28.5. The topological polar surface area (TPSA) is 72.7 Å². The van der Waals surface area contributed by atoms with Gasteiger partial charge < -0.3 is 5.32 Å². The van der Waals surface area contributed by atoms with Crippen molar-refractivity contribution in [3.63, 3.8) is 0 Å². The van der Waals surface area contributed by atoms with Gasteiger partial charge >= 0.3 is 0 Å². The first-order chi connectivity index (χ1) is 15.0. The fourth-order valence-corrected chi connectivity index (χ4v) is 3.59. The maximum absolute atomic E-state index is 13.4. The SMILES string of the molecule is O=C(CSc1nnc(-c2ccc(F)cc2)n1-c1ccc(F)cc1)Nc1ccc(Cl)cn1. The van der Waals surface area contributed by atoms with Gasteiger partial charge in [-0.1, -0.05) is 23.4 Å². The summed E-state index contributed by atoms with van der Waals surface area (Å²) in [6, 6.07) is 14.8. The molecule has 0 radical (unpaired) electrons. The van der Waals surface area contributed by atoms with Crippen molar-refractivity contribution in [2.24, 2.45) is 0 Å². The summed E-state index contributed by atoms with van der Waals surface area (Å²) >= 11 is 6.95. The number of halogens is 3. The van der Waals surface area contributed by atoms with Gasteiger partial charge in [-0.2, -0.15) is 0 Å². The molecule has 2 aromatic heterocycles. The molecule has 1 amide bonds. The Bertz CT molecular complexity index is 1200. The van der Waals surface area contributed by atoms with Crippen molar-refractivity contribution >= 4 is 35.1 Å². The summed E-state index contributed by atoms with van der Waals surface area (Å²) in [5, 5.41) is 11.9. The number of rotatable bonds is 6. The second-order valence-corrected chi connectivity index (χ2v) is 7.70. The molecule has 4 aromatic rings. The number of pyridine rings is 1. The molecule has 0 atom stereocenters. The Kier molecular flexibility index (Phi) is 6.24. The molecule has 1 N–H and O–H groups in total. The van der Waals surface area contributed by atoms with Crippen LogP contribution in [0.4, 0.5) is 14.6 Å². The highest BCUT2D eigenvalue weighted by atomic mass is 35.5. The monoisotopic (exact) mass is 457 g/mol. The quantitative estimate of drug-likeness (QED) is 0.413. The first kappa shape index (κ1) is 21.0. The van der Waals surface area contributed by atoms with Gasteiger partial charge in [0.2, 0.25) is 5.91 Å². The molecule has 0 fully saturated rings. The van der Waals surface area contributed by atoms with Crippen molar-refractivity contribution in [3.05, 3.63) is 83.5 Å². The third-order valence-electron chi connectivity index (χ3n) is 4.15. The highest BCUT2D eigenvalue weighted by Gasteiger charge is 2.18. The van der Waals surface area contributed by atoms with Gasteiger partial charge in [0.1, 0.15) is 17.5 Å². The normalized spacial score (nSPS) is 10.8. The van der Waals surface area contributed by atoms with Crippen LogP contribution in [-0.2, 0) is 4.79 Å². The molecule has 4 rings (SSSR count). The van der Waals surface area contributed by atoms with Gasteiger partial charge in [0.25, 0.3) is 0 Å². The van der Waals surface area contributed by atoms with Crippen molar-refractivity contribution in [3.8, 4) is 17.1 Å². The van der Waals surface area contributed by atoms with Crippen LogP contribution in [0.5, 0.6) is 0 Å². The van der Waals surface area contributed by atoms with Crippen LogP contribution in [0.25, 0.3) is 17.1 Å². The number of benzene rings is 2. The Hall–Kier alpha value is -3.30. The predicted molar refractivity (Wildman–Crippen MR) is 115 cm³/mol. The molecule has 2 aromatic carbocycles. The number of thioether (sulfide) groups is 1. The van der Waals surface area contributed by atoms with Crippen molar-refractivity contribution in [1.82, 2.24) is 19.7 Å². The highest BCUT2D eigenvalue weighted by Crippen LogP contribution is 2.28. The second-order valence-electron chi connectivity index (χ2n) is 6.32. The molecule has 0 spiro atoms. The Morgan fingerprint density at radius 1 is 0.968 bits per heavy atom. The van der Waals surface area contributed by atoms with E-state index in [9.17, 15) is 13.6 Å². The number of nitrogens with zero attached hydrogens (tertiary/aromatic N) is 4. The summed E-state index contributed by atoms with van der Waals surface area (Å²) in [6.45, 7) is 0. The fraction of sp³-hybridized carbons (Fsp3) is 0.0476. The minimum atomic E-state index is -0.385. The number of carbonyl (C=O) groups is 1. The van der Waals surface area contributed by atoms with Gasteiger partial charge in [-0.3, -0.25) is 9.36 Å². The largest absolute Gasteiger partial charge is 0.310 e. The van der Waals surface area contributed by atoms with Crippen LogP contribution in [-0.4, -0.2) is 31.4 Å². The Morgan fingerprint density at radius 3 is 2.29 bits per heavy atom. The van der Waals surface area contributed by atoms with Crippen LogP contribution < -0.4 is 5.32 Å². The maximum atomic E-state index is 13.4. The van der Waals surface area contributed by atoms with Crippen LogP contribution in [0.3, 0.4) is 0 Å². The Labute approximate surface area is 185 Å². The molecule has 10 heteroatoms. The average molecular weight is 458 g/mol. The van der Waals surface area contributed by atoms with Crippen LogP contribution in [0.2, 0.25) is 5.02 Å². The van der Waals surface area contributed by atoms with Crippen molar-refractivity contribution < 1.29 is 13.6 Å². The zero-order chi connectivity index (χ0) is 21.8. The number of anilines is 1. The molecule has 0 aliphatic heterocycles. The summed E-state index contributed by atoms with van der Waals surface area (Å²) in [4.78, 5) is 16.3. The second kappa shape index (κ2) is 9.23. The third kappa shape index (κ3) is 5.07. The molecular weight excluding hydrogens is 444 g/mol. The van der Waals surface area contributed by atoms with Crippen LogP contribution in [0.15, 0.2) is 72.0 Å². The minimum absolute atomic E-state index is 0.0348. The van der Waals surface area contributed by atoms with Gasteiger partial charge in [0.05, 0.1) is 10.8 Å². The molecule has 31 heavy (non-hydrogen) atoms. The van der Waals surface area contributed by atoms with E-state index in [1.165, 1.54) is 30.5 Å². The average Bonchev–Trinajstić information content (AvgIpc) is 3.19. The molecule has 0 aliphatic carbocycles. The lowest BCUT2D eigenvalue weighted by Crippen LogP contribution is -2.15. The molecular formula is C21H14ClF2N5OS. The Morgan fingerprint density at radius 2 is 1.65 bits per heavy atom. The van der Waals surface area contributed by atoms with Crippen molar-refractivity contribution in [2.45, 2.75) is 5.16 Å². The van der Waals surface area contributed by atoms with Gasteiger partial charge in [-0.05, 0) is 60.7 Å². The number of nitrogens with one attached hydrogen (secondary N) is 1. The highest BCUT2D eigenvalue weighted by molar-refractivity contribution is 7.99. The first-order valence-electron chi connectivity index (χ1n) is 9.01. The minimum Gasteiger partial charge on any atom is -0.310 e. The number of aromatic nitrogens is 4. The lowest BCUT2D eigenvalue weighted by atomic mass is 10.2. The summed E-state index contributed by atoms with van der Waals surface area (Å²) in [5.41, 5.74) is 1.23. The molecule has 0 bridgehead atoms. The number of hydrogen-bond acceptors (Lipinski definition) is 5. The van der Waals surface area contributed by atoms with Gasteiger partial charge in [-0.25, -0.2) is 13.8 Å².